The second kappa shape index (κ2) is 3.69. The summed E-state index contributed by atoms with van der Waals surface area (Å²) in [6.45, 7) is 4.59. The van der Waals surface area contributed by atoms with Crippen molar-refractivity contribution in [2.45, 2.75) is 37.1 Å². The molecule has 0 nitrogen and oxygen atoms in total. The maximum atomic E-state index is 2.59. The molecule has 2 aliphatic carbocycles. The van der Waals surface area contributed by atoms with Gasteiger partial charge in [0.25, 0.3) is 0 Å². The first kappa shape index (κ1) is 12.4. The molecule has 0 fully saturated rings. The zero-order valence-corrected chi connectivity index (χ0v) is 13.9. The quantitative estimate of drug-likeness (QED) is 0.667. The Labute approximate surface area is 102 Å². The molecule has 16 heavy (non-hydrogen) atoms. The third-order valence-electron chi connectivity index (χ3n) is 4.27. The number of allylic oxidation sites excluding steroid dienone is 8. The van der Waals surface area contributed by atoms with Crippen molar-refractivity contribution < 1.29 is 14.0 Å². The first-order chi connectivity index (χ1) is 7.31. The molecule has 0 aromatic carbocycles. The number of hydrogen-bond acceptors (Lipinski definition) is 0. The SMILES string of the molecule is CC1=[C]([Ti]([CH3])([CH3])(=[SiH2])[C]2=C(C)C=CC2)CC=C1. The Kier molecular flexibility index (Phi) is 2.85. The summed E-state index contributed by atoms with van der Waals surface area (Å²) in [5.41, 5.74) is 3.09. The Bertz CT molecular complexity index is 479. The standard InChI is InChI=1S/2C6H7.2CH3.H2Si.Ti/c2*1-6-4-2-3-5-6;;;;/h2*2,4H,3H2,1H3;2*1H3;1H2;. The van der Waals surface area contributed by atoms with E-state index in [0.717, 1.165) is 0 Å². The molecule has 0 radical (unpaired) electrons. The second-order valence-corrected chi connectivity index (χ2v) is 25.2. The summed E-state index contributed by atoms with van der Waals surface area (Å²) < 4.78 is 3.57. The van der Waals surface area contributed by atoms with Crippen LogP contribution in [0.5, 0.6) is 0 Å². The summed E-state index contributed by atoms with van der Waals surface area (Å²) in [7, 11) is 2.34. The van der Waals surface area contributed by atoms with E-state index in [2.05, 4.69) is 56.2 Å². The Morgan fingerprint density at radius 1 is 0.938 bits per heavy atom. The molecule has 0 aromatic heterocycles. The van der Waals surface area contributed by atoms with E-state index < -0.39 is 14.0 Å². The average molecular weight is 266 g/mol. The van der Waals surface area contributed by atoms with Crippen molar-refractivity contribution >= 4 is 7.63 Å². The predicted molar refractivity (Wildman–Crippen MR) is 73.2 cm³/mol. The summed E-state index contributed by atoms with van der Waals surface area (Å²) in [5, 5.41) is 5.18. The number of hydrogen-bond donors (Lipinski definition) is 0. The van der Waals surface area contributed by atoms with Crippen LogP contribution >= 0.6 is 0 Å². The van der Waals surface area contributed by atoms with Crippen molar-refractivity contribution in [3.05, 3.63) is 43.2 Å². The first-order valence-corrected chi connectivity index (χ1v) is 14.8. The van der Waals surface area contributed by atoms with Crippen LogP contribution in [0.1, 0.15) is 26.7 Å². The first-order valence-electron chi connectivity index (χ1n) is 6.12. The van der Waals surface area contributed by atoms with Crippen LogP contribution < -0.4 is 0 Å². The maximum absolute atomic E-state index is 2.59. The van der Waals surface area contributed by atoms with Crippen LogP contribution in [0.15, 0.2) is 43.2 Å². The minimum absolute atomic E-state index is 1.20. The van der Waals surface area contributed by atoms with E-state index in [9.17, 15) is 0 Å². The van der Waals surface area contributed by atoms with Crippen molar-refractivity contribution in [2.75, 3.05) is 0 Å². The second-order valence-electron chi connectivity index (χ2n) is 6.22. The van der Waals surface area contributed by atoms with Gasteiger partial charge in [0.1, 0.15) is 0 Å². The summed E-state index contributed by atoms with van der Waals surface area (Å²) in [6, 6.07) is 0. The van der Waals surface area contributed by atoms with Crippen molar-refractivity contribution in [1.29, 1.82) is 0 Å². The van der Waals surface area contributed by atoms with Crippen LogP contribution in [0, 0.1) is 0 Å². The fourth-order valence-corrected chi connectivity index (χ4v) is 14.0. The molecule has 2 rings (SSSR count). The Hall–Kier alpha value is -0.109. The fourth-order valence-electron chi connectivity index (χ4n) is 3.33. The molecule has 0 amide bonds. The minimum atomic E-state index is -2.53. The van der Waals surface area contributed by atoms with Gasteiger partial charge < -0.3 is 0 Å². The van der Waals surface area contributed by atoms with Gasteiger partial charge in [-0.3, -0.25) is 0 Å². The number of rotatable bonds is 2. The fraction of sp³-hybridized carbons (Fsp3) is 0.429. The summed E-state index contributed by atoms with van der Waals surface area (Å²) >= 11 is -2.53. The van der Waals surface area contributed by atoms with E-state index in [4.69, 9.17) is 0 Å². The van der Waals surface area contributed by atoms with E-state index in [0.29, 0.717) is 0 Å². The third kappa shape index (κ3) is 1.79. The van der Waals surface area contributed by atoms with Gasteiger partial charge in [-0.05, 0) is 0 Å². The average Bonchev–Trinajstić information content (AvgIpc) is 2.73. The van der Waals surface area contributed by atoms with Gasteiger partial charge >= 0.3 is 102 Å². The topological polar surface area (TPSA) is 0 Å². The van der Waals surface area contributed by atoms with Crippen LogP contribution in [0.25, 0.3) is 0 Å². The van der Waals surface area contributed by atoms with Gasteiger partial charge in [0.2, 0.25) is 0 Å². The molecule has 2 heteroatoms. The molecule has 0 atom stereocenters. The zero-order chi connectivity index (χ0) is 12.0. The van der Waals surface area contributed by atoms with Crippen LogP contribution in [0.4, 0.5) is 0 Å². The van der Waals surface area contributed by atoms with Gasteiger partial charge in [-0.15, -0.1) is 0 Å². The van der Waals surface area contributed by atoms with Gasteiger partial charge in [-0.25, -0.2) is 0 Å². The molecule has 0 bridgehead atoms. The van der Waals surface area contributed by atoms with Gasteiger partial charge in [-0.2, -0.15) is 0 Å². The van der Waals surface area contributed by atoms with Gasteiger partial charge in [-0.1, -0.05) is 0 Å². The monoisotopic (exact) mass is 266 g/mol. The van der Waals surface area contributed by atoms with E-state index in [1.807, 2.05) is 0 Å². The summed E-state index contributed by atoms with van der Waals surface area (Å²) in [4.78, 5) is 0. The summed E-state index contributed by atoms with van der Waals surface area (Å²) in [5.74, 6) is 0. The van der Waals surface area contributed by atoms with Crippen molar-refractivity contribution in [3.63, 3.8) is 0 Å². The van der Waals surface area contributed by atoms with Crippen molar-refractivity contribution in [3.8, 4) is 0 Å². The molecule has 0 saturated heterocycles. The zero-order valence-electron chi connectivity index (χ0n) is 10.9. The Morgan fingerprint density at radius 2 is 1.31 bits per heavy atom. The normalized spacial score (nSPS) is 21.6. The van der Waals surface area contributed by atoms with Crippen LogP contribution in [-0.2, 0) is 14.0 Å². The molecule has 0 saturated carbocycles. The Morgan fingerprint density at radius 3 is 1.56 bits per heavy atom. The molecule has 86 valence electrons. The van der Waals surface area contributed by atoms with Gasteiger partial charge in [0.05, 0.1) is 0 Å². The molecular weight excluding hydrogens is 244 g/mol. The molecule has 0 N–H and O–H groups in total. The molecule has 0 unspecified atom stereocenters. The van der Waals surface area contributed by atoms with Crippen LogP contribution in [0.2, 0.25) is 10.5 Å². The summed E-state index contributed by atoms with van der Waals surface area (Å²) in [6.07, 6.45) is 11.7. The molecular formula is C14H22SiTi. The van der Waals surface area contributed by atoms with Gasteiger partial charge in [0.15, 0.2) is 0 Å². The molecule has 2 aliphatic rings. The molecule has 0 aromatic rings. The molecule has 0 spiro atoms. The van der Waals surface area contributed by atoms with E-state index in [1.165, 1.54) is 12.8 Å². The predicted octanol–water partition coefficient (Wildman–Crippen LogP) is 3.79. The van der Waals surface area contributed by atoms with E-state index >= 15 is 0 Å². The van der Waals surface area contributed by atoms with Crippen molar-refractivity contribution in [2.24, 2.45) is 0 Å². The van der Waals surface area contributed by atoms with Crippen molar-refractivity contribution in [1.82, 2.24) is 0 Å². The Balaban J connectivity index is 2.57. The van der Waals surface area contributed by atoms with Gasteiger partial charge in [0, 0.05) is 0 Å². The van der Waals surface area contributed by atoms with E-state index in [1.54, 1.807) is 18.9 Å². The molecule has 0 heterocycles. The third-order valence-corrected chi connectivity index (χ3v) is 15.7. The van der Waals surface area contributed by atoms with E-state index in [-0.39, 0.29) is 0 Å². The van der Waals surface area contributed by atoms with Crippen LogP contribution in [0.3, 0.4) is 0 Å². The van der Waals surface area contributed by atoms with Crippen LogP contribution in [-0.4, -0.2) is 7.63 Å². The molecule has 0 aliphatic heterocycles.